The molecule has 6 nitrogen and oxygen atoms in total. The molecule has 20 heavy (non-hydrogen) atoms. The van der Waals surface area contributed by atoms with Gasteiger partial charge in [0, 0.05) is 5.69 Å². The largest absolute Gasteiger partial charge is 0.399 e. The molecule has 2 rings (SSSR count). The first-order valence-electron chi connectivity index (χ1n) is 5.87. The number of thioether (sulfide) groups is 1. The Bertz CT molecular complexity index is 630. The van der Waals surface area contributed by atoms with Gasteiger partial charge < -0.3 is 11.1 Å². The number of rotatable bonds is 4. The third-order valence-corrected chi connectivity index (χ3v) is 3.44. The summed E-state index contributed by atoms with van der Waals surface area (Å²) >= 11 is 1.18. The molecule has 4 N–H and O–H groups in total. The first-order valence-corrected chi connectivity index (χ1v) is 6.75. The summed E-state index contributed by atoms with van der Waals surface area (Å²) < 4.78 is 13.5. The van der Waals surface area contributed by atoms with Gasteiger partial charge in [0.25, 0.3) is 0 Å². The minimum Gasteiger partial charge on any atom is -0.399 e. The van der Waals surface area contributed by atoms with E-state index in [0.29, 0.717) is 16.7 Å². The Hall–Kier alpha value is -2.09. The molecule has 1 heterocycles. The van der Waals surface area contributed by atoms with E-state index in [0.717, 1.165) is 0 Å². The van der Waals surface area contributed by atoms with Crippen LogP contribution in [0.4, 0.5) is 15.8 Å². The number of carbonyl (C=O) groups excluding carboxylic acids is 1. The van der Waals surface area contributed by atoms with Crippen LogP contribution in [0.25, 0.3) is 0 Å². The molecule has 0 saturated heterocycles. The summed E-state index contributed by atoms with van der Waals surface area (Å²) in [6.45, 7) is 3.46. The van der Waals surface area contributed by atoms with Crippen molar-refractivity contribution in [1.82, 2.24) is 15.2 Å². The smallest absolute Gasteiger partial charge is 0.237 e. The Morgan fingerprint density at radius 3 is 2.95 bits per heavy atom. The van der Waals surface area contributed by atoms with E-state index in [1.54, 1.807) is 13.8 Å². The summed E-state index contributed by atoms with van der Waals surface area (Å²) in [5.74, 6) is -0.206. The molecule has 0 spiro atoms. The predicted molar refractivity (Wildman–Crippen MR) is 75.9 cm³/mol. The Morgan fingerprint density at radius 2 is 2.30 bits per heavy atom. The zero-order valence-corrected chi connectivity index (χ0v) is 11.8. The number of nitrogen functional groups attached to an aromatic ring is 1. The number of hydrogen-bond donors (Lipinski definition) is 3. The number of halogens is 1. The van der Waals surface area contributed by atoms with E-state index < -0.39 is 11.1 Å². The number of carbonyl (C=O) groups is 1. The van der Waals surface area contributed by atoms with Gasteiger partial charge >= 0.3 is 0 Å². The Balaban J connectivity index is 2.02. The zero-order valence-electron chi connectivity index (χ0n) is 11.0. The van der Waals surface area contributed by atoms with Gasteiger partial charge in [0.1, 0.15) is 11.6 Å². The summed E-state index contributed by atoms with van der Waals surface area (Å²) in [4.78, 5) is 16.1. The van der Waals surface area contributed by atoms with Gasteiger partial charge in [-0.3, -0.25) is 9.89 Å². The molecule has 1 unspecified atom stereocenters. The van der Waals surface area contributed by atoms with Gasteiger partial charge in [-0.2, -0.15) is 0 Å². The van der Waals surface area contributed by atoms with Crippen molar-refractivity contribution in [3.8, 4) is 0 Å². The first-order chi connectivity index (χ1) is 9.45. The van der Waals surface area contributed by atoms with Gasteiger partial charge in [-0.1, -0.05) is 11.8 Å². The fraction of sp³-hybridized carbons (Fsp3) is 0.250. The Kier molecular flexibility index (Phi) is 4.23. The summed E-state index contributed by atoms with van der Waals surface area (Å²) in [5, 5.41) is 9.12. The number of aromatic amines is 1. The molecule has 1 amide bonds. The molecule has 106 valence electrons. The molecule has 0 fully saturated rings. The van der Waals surface area contributed by atoms with Crippen LogP contribution in [0.15, 0.2) is 23.4 Å². The van der Waals surface area contributed by atoms with Gasteiger partial charge in [-0.25, -0.2) is 9.37 Å². The van der Waals surface area contributed by atoms with E-state index in [2.05, 4.69) is 20.5 Å². The monoisotopic (exact) mass is 295 g/mol. The number of nitrogens with zero attached hydrogens (tertiary/aromatic N) is 2. The number of nitrogens with two attached hydrogens (primary N) is 1. The highest BCUT2D eigenvalue weighted by Crippen LogP contribution is 2.22. The summed E-state index contributed by atoms with van der Waals surface area (Å²) in [7, 11) is 0. The van der Waals surface area contributed by atoms with E-state index in [1.165, 1.54) is 30.0 Å². The van der Waals surface area contributed by atoms with Crippen LogP contribution >= 0.6 is 11.8 Å². The molecule has 1 aromatic carbocycles. The van der Waals surface area contributed by atoms with Crippen LogP contribution in [-0.2, 0) is 4.79 Å². The van der Waals surface area contributed by atoms with E-state index in [4.69, 9.17) is 5.73 Å². The van der Waals surface area contributed by atoms with Gasteiger partial charge in [-0.05, 0) is 32.0 Å². The van der Waals surface area contributed by atoms with Gasteiger partial charge in [0.05, 0.1) is 10.9 Å². The fourth-order valence-electron chi connectivity index (χ4n) is 1.46. The molecule has 1 aromatic heterocycles. The van der Waals surface area contributed by atoms with Crippen molar-refractivity contribution in [2.24, 2.45) is 0 Å². The second-order valence-electron chi connectivity index (χ2n) is 4.19. The number of hydrogen-bond acceptors (Lipinski definition) is 5. The van der Waals surface area contributed by atoms with Crippen molar-refractivity contribution in [2.75, 3.05) is 11.1 Å². The quantitative estimate of drug-likeness (QED) is 0.592. The van der Waals surface area contributed by atoms with Crippen LogP contribution in [0.3, 0.4) is 0 Å². The third-order valence-electron chi connectivity index (χ3n) is 2.48. The van der Waals surface area contributed by atoms with E-state index in [1.807, 2.05) is 0 Å². The van der Waals surface area contributed by atoms with Gasteiger partial charge in [0.2, 0.25) is 11.1 Å². The van der Waals surface area contributed by atoms with Crippen LogP contribution in [0.1, 0.15) is 12.7 Å². The summed E-state index contributed by atoms with van der Waals surface area (Å²) in [5.41, 5.74) is 6.00. The van der Waals surface area contributed by atoms with Crippen molar-refractivity contribution in [2.45, 2.75) is 24.3 Å². The highest BCUT2D eigenvalue weighted by Gasteiger charge is 2.18. The molecule has 0 aliphatic heterocycles. The fourth-order valence-corrected chi connectivity index (χ4v) is 2.23. The van der Waals surface area contributed by atoms with Crippen molar-refractivity contribution >= 4 is 29.0 Å². The lowest BCUT2D eigenvalue weighted by atomic mass is 10.2. The summed E-state index contributed by atoms with van der Waals surface area (Å²) in [6.07, 6.45) is 0. The topological polar surface area (TPSA) is 96.7 Å². The maximum atomic E-state index is 13.5. The SMILES string of the molecule is Cc1nc(SC(C)C(=O)Nc2cc(N)ccc2F)n[nH]1. The molecule has 2 aromatic rings. The number of anilines is 2. The van der Waals surface area contributed by atoms with E-state index in [9.17, 15) is 9.18 Å². The lowest BCUT2D eigenvalue weighted by molar-refractivity contribution is -0.115. The Labute approximate surface area is 119 Å². The van der Waals surface area contributed by atoms with Crippen molar-refractivity contribution in [3.63, 3.8) is 0 Å². The maximum absolute atomic E-state index is 13.5. The minimum atomic E-state index is -0.529. The normalized spacial score (nSPS) is 12.2. The second kappa shape index (κ2) is 5.91. The van der Waals surface area contributed by atoms with Crippen molar-refractivity contribution in [3.05, 3.63) is 29.8 Å². The number of aromatic nitrogens is 3. The third kappa shape index (κ3) is 3.47. The molecular formula is C12H14FN5OS. The molecule has 0 aliphatic rings. The number of benzene rings is 1. The minimum absolute atomic E-state index is 0.0635. The molecular weight excluding hydrogens is 281 g/mol. The zero-order chi connectivity index (χ0) is 14.7. The highest BCUT2D eigenvalue weighted by molar-refractivity contribution is 8.00. The van der Waals surface area contributed by atoms with Crippen LogP contribution in [0.2, 0.25) is 0 Å². The average molecular weight is 295 g/mol. The highest BCUT2D eigenvalue weighted by atomic mass is 32.2. The van der Waals surface area contributed by atoms with Crippen LogP contribution in [0, 0.1) is 12.7 Å². The van der Waals surface area contributed by atoms with Crippen LogP contribution in [-0.4, -0.2) is 26.3 Å². The lowest BCUT2D eigenvalue weighted by Gasteiger charge is -2.11. The molecule has 0 aliphatic carbocycles. The molecule has 1 atom stereocenters. The van der Waals surface area contributed by atoms with E-state index in [-0.39, 0.29) is 11.6 Å². The van der Waals surface area contributed by atoms with Crippen molar-refractivity contribution < 1.29 is 9.18 Å². The number of nitrogens with one attached hydrogen (secondary N) is 2. The van der Waals surface area contributed by atoms with E-state index >= 15 is 0 Å². The number of amides is 1. The molecule has 0 saturated carbocycles. The number of aryl methyl sites for hydroxylation is 1. The Morgan fingerprint density at radius 1 is 1.55 bits per heavy atom. The average Bonchev–Trinajstić information content (AvgIpc) is 2.79. The lowest BCUT2D eigenvalue weighted by Crippen LogP contribution is -2.23. The van der Waals surface area contributed by atoms with Crippen LogP contribution < -0.4 is 11.1 Å². The van der Waals surface area contributed by atoms with Crippen molar-refractivity contribution in [1.29, 1.82) is 0 Å². The molecule has 0 bridgehead atoms. The number of H-pyrrole nitrogens is 1. The molecule has 8 heteroatoms. The first kappa shape index (κ1) is 14.3. The maximum Gasteiger partial charge on any atom is 0.237 e. The van der Waals surface area contributed by atoms with Gasteiger partial charge in [-0.15, -0.1) is 5.10 Å². The summed E-state index contributed by atoms with van der Waals surface area (Å²) in [6, 6.07) is 4.02. The standard InChI is InChI=1S/C12H14FN5OS/c1-6(20-12-15-7(2)17-18-12)11(19)16-10-5-8(14)3-4-9(10)13/h3-6H,14H2,1-2H3,(H,16,19)(H,15,17,18). The van der Waals surface area contributed by atoms with Crippen LogP contribution in [0.5, 0.6) is 0 Å². The second-order valence-corrected chi connectivity index (χ2v) is 5.50. The van der Waals surface area contributed by atoms with Gasteiger partial charge in [0.15, 0.2) is 0 Å². The predicted octanol–water partition coefficient (Wildman–Crippen LogP) is 1.95. The molecule has 0 radical (unpaired) electrons.